The van der Waals surface area contributed by atoms with Gasteiger partial charge >= 0.3 is 12.3 Å². The zero-order chi connectivity index (χ0) is 29.5. The number of carbonyl (C=O) groups is 3. The third-order valence-corrected chi connectivity index (χ3v) is 9.26. The van der Waals surface area contributed by atoms with E-state index in [0.717, 1.165) is 33.5 Å². The number of rotatable bonds is 9. The Kier molecular flexibility index (Phi) is 7.98. The molecule has 0 aromatic heterocycles. The van der Waals surface area contributed by atoms with Crippen LogP contribution in [0.1, 0.15) is 12.5 Å². The summed E-state index contributed by atoms with van der Waals surface area (Å²) in [6.07, 6.45) is -4.94. The first kappa shape index (κ1) is 29.5. The second-order valence-electron chi connectivity index (χ2n) is 9.59. The molecule has 0 saturated carbocycles. The summed E-state index contributed by atoms with van der Waals surface area (Å²) in [5.74, 6) is -4.71. The van der Waals surface area contributed by atoms with Gasteiger partial charge in [-0.3, -0.25) is 24.6 Å². The molecule has 40 heavy (non-hydrogen) atoms. The number of alkyl halides is 3. The van der Waals surface area contributed by atoms with Crippen molar-refractivity contribution in [3.05, 3.63) is 60.2 Å². The molecule has 14 heteroatoms. The van der Waals surface area contributed by atoms with Crippen molar-refractivity contribution in [2.24, 2.45) is 11.8 Å². The maximum absolute atomic E-state index is 13.5. The van der Waals surface area contributed by atoms with Crippen LogP contribution in [0.5, 0.6) is 5.75 Å². The van der Waals surface area contributed by atoms with Gasteiger partial charge in [-0.05, 0) is 29.8 Å². The summed E-state index contributed by atoms with van der Waals surface area (Å²) in [5.41, 5.74) is -0.960. The zero-order valence-corrected chi connectivity index (χ0v) is 22.7. The fourth-order valence-electron chi connectivity index (χ4n) is 5.53. The van der Waals surface area contributed by atoms with Gasteiger partial charge in [0, 0.05) is 32.6 Å². The van der Waals surface area contributed by atoms with Crippen LogP contribution in [-0.2, 0) is 35.6 Å². The van der Waals surface area contributed by atoms with Crippen molar-refractivity contribution < 1.29 is 45.4 Å². The van der Waals surface area contributed by atoms with Crippen molar-refractivity contribution in [3.63, 3.8) is 0 Å². The monoisotopic (exact) mass is 583 g/mol. The molecule has 216 valence electrons. The maximum Gasteiger partial charge on any atom is 0.573 e. The van der Waals surface area contributed by atoms with Gasteiger partial charge in [-0.15, -0.1) is 13.2 Å². The number of halogens is 3. The van der Waals surface area contributed by atoms with Crippen molar-refractivity contribution in [2.45, 2.75) is 36.2 Å². The van der Waals surface area contributed by atoms with E-state index in [1.807, 2.05) is 0 Å². The lowest BCUT2D eigenvalue weighted by molar-refractivity contribution is -0.274. The van der Waals surface area contributed by atoms with Gasteiger partial charge in [0.2, 0.25) is 21.8 Å². The van der Waals surface area contributed by atoms with Crippen molar-refractivity contribution >= 4 is 27.8 Å². The van der Waals surface area contributed by atoms with Gasteiger partial charge in [0.25, 0.3) is 0 Å². The molecular formula is C26H28F3N3O7S. The van der Waals surface area contributed by atoms with E-state index in [9.17, 15) is 36.0 Å². The number of imide groups is 1. The normalized spacial score (nSPS) is 24.9. The Morgan fingerprint density at radius 3 is 2.25 bits per heavy atom. The minimum Gasteiger partial charge on any atom is -0.468 e. The van der Waals surface area contributed by atoms with E-state index < -0.39 is 63.3 Å². The maximum atomic E-state index is 13.5. The van der Waals surface area contributed by atoms with Crippen molar-refractivity contribution in [2.75, 3.05) is 27.2 Å². The average Bonchev–Trinajstić information content (AvgIpc) is 3.35. The third-order valence-electron chi connectivity index (χ3n) is 7.30. The molecule has 2 saturated heterocycles. The Balaban J connectivity index is 1.69. The van der Waals surface area contributed by atoms with Gasteiger partial charge in [-0.2, -0.15) is 4.31 Å². The number of carbonyl (C=O) groups excluding carboxylic acids is 3. The molecule has 10 nitrogen and oxygen atoms in total. The Morgan fingerprint density at radius 1 is 1.07 bits per heavy atom. The molecule has 0 unspecified atom stereocenters. The number of amides is 2. The molecular weight excluding hydrogens is 555 g/mol. The summed E-state index contributed by atoms with van der Waals surface area (Å²) >= 11 is 0. The van der Waals surface area contributed by atoms with Crippen LogP contribution in [-0.4, -0.2) is 80.6 Å². The molecule has 0 radical (unpaired) electrons. The molecule has 4 rings (SSSR count). The second kappa shape index (κ2) is 10.8. The Hall–Kier alpha value is -3.49. The number of hydrogen-bond donors (Lipinski definition) is 1. The van der Waals surface area contributed by atoms with Crippen LogP contribution < -0.4 is 10.1 Å². The number of methoxy groups -OCH3 is 1. The summed E-state index contributed by atoms with van der Waals surface area (Å²) in [6, 6.07) is 11.6. The van der Waals surface area contributed by atoms with E-state index in [-0.39, 0.29) is 24.4 Å². The number of benzene rings is 2. The average molecular weight is 584 g/mol. The Labute approximate surface area is 229 Å². The lowest BCUT2D eigenvalue weighted by Gasteiger charge is -2.33. The summed E-state index contributed by atoms with van der Waals surface area (Å²) in [6.45, 7) is 1.18. The largest absolute Gasteiger partial charge is 0.573 e. The molecule has 0 aliphatic carbocycles. The second-order valence-corrected chi connectivity index (χ2v) is 11.5. The third kappa shape index (κ3) is 5.30. The fraction of sp³-hybridized carbons (Fsp3) is 0.423. The number of esters is 1. The minimum absolute atomic E-state index is 0.00455. The summed E-state index contributed by atoms with van der Waals surface area (Å²) in [7, 11) is -1.79. The molecule has 2 amide bonds. The van der Waals surface area contributed by atoms with Crippen LogP contribution >= 0.6 is 0 Å². The smallest absolute Gasteiger partial charge is 0.468 e. The van der Waals surface area contributed by atoms with Gasteiger partial charge in [-0.25, -0.2) is 8.42 Å². The van der Waals surface area contributed by atoms with Gasteiger partial charge < -0.3 is 9.47 Å². The lowest BCUT2D eigenvalue weighted by atomic mass is 9.76. The predicted molar refractivity (Wildman–Crippen MR) is 134 cm³/mol. The van der Waals surface area contributed by atoms with Gasteiger partial charge in [0.15, 0.2) is 0 Å². The molecule has 2 heterocycles. The van der Waals surface area contributed by atoms with Gasteiger partial charge in [0.05, 0.1) is 23.8 Å². The Morgan fingerprint density at radius 2 is 1.70 bits per heavy atom. The molecule has 2 aromatic carbocycles. The highest BCUT2D eigenvalue weighted by Crippen LogP contribution is 2.45. The number of nitrogens with zero attached hydrogens (tertiary/aromatic N) is 2. The lowest BCUT2D eigenvalue weighted by Crippen LogP contribution is -2.59. The summed E-state index contributed by atoms with van der Waals surface area (Å²) in [4.78, 5) is 40.5. The Bertz CT molecular complexity index is 1390. The fourth-order valence-corrected chi connectivity index (χ4v) is 7.00. The number of ether oxygens (including phenoxy) is 2. The number of fused-ring (bicyclic) bond motifs is 1. The number of sulfonamides is 1. The number of nitrogens with one attached hydrogen (secondary N) is 1. The van der Waals surface area contributed by atoms with Crippen molar-refractivity contribution in [1.29, 1.82) is 0 Å². The zero-order valence-electron chi connectivity index (χ0n) is 21.8. The molecule has 0 bridgehead atoms. The van der Waals surface area contributed by atoms with E-state index in [1.165, 1.54) is 14.2 Å². The van der Waals surface area contributed by atoms with E-state index in [2.05, 4.69) is 10.1 Å². The minimum atomic E-state index is -4.94. The molecule has 2 aliphatic rings. The number of hydrogen-bond acceptors (Lipinski definition) is 8. The topological polar surface area (TPSA) is 122 Å². The molecule has 2 fully saturated rings. The van der Waals surface area contributed by atoms with E-state index in [0.29, 0.717) is 5.56 Å². The summed E-state index contributed by atoms with van der Waals surface area (Å²) < 4.78 is 74.4. The molecule has 2 aromatic rings. The number of likely N-dealkylation sites (tertiary alicyclic amines) is 1. The van der Waals surface area contributed by atoms with Crippen LogP contribution in [0, 0.1) is 11.8 Å². The highest BCUT2D eigenvalue weighted by Gasteiger charge is 2.68. The molecule has 4 atom stereocenters. The van der Waals surface area contributed by atoms with Gasteiger partial charge in [-0.1, -0.05) is 37.3 Å². The first-order chi connectivity index (χ1) is 18.7. The van der Waals surface area contributed by atoms with Crippen LogP contribution in [0.3, 0.4) is 0 Å². The van der Waals surface area contributed by atoms with Crippen LogP contribution in [0.25, 0.3) is 0 Å². The summed E-state index contributed by atoms with van der Waals surface area (Å²) in [5, 5.41) is 3.12. The first-order valence-corrected chi connectivity index (χ1v) is 13.8. The standard InChI is InChI=1S/C26H28F3N3O7S/c1-4-32(40(36,37)18-12-10-17(11-13-18)39-26(27,28)29)15-19-20-21(23(34)31(2)22(20)33)25(30-19,24(35)38-3)14-16-8-6-5-7-9-16/h5-13,19-21,30H,4,14-15H2,1-3H3/t19-,20+,21-,25-/m1/s1. The van der Waals surface area contributed by atoms with Gasteiger partial charge in [0.1, 0.15) is 11.3 Å². The SMILES string of the molecule is CCN(C[C@H]1N[C@@](Cc2ccccc2)(C(=O)OC)[C@H]2C(=O)N(C)C(=O)[C@@H]12)S(=O)(=O)c1ccc(OC(F)(F)F)cc1. The van der Waals surface area contributed by atoms with Crippen LogP contribution in [0.15, 0.2) is 59.5 Å². The molecule has 2 aliphatic heterocycles. The quantitative estimate of drug-likeness (QED) is 0.351. The predicted octanol–water partition coefficient (Wildman–Crippen LogP) is 1.95. The van der Waals surface area contributed by atoms with Crippen molar-refractivity contribution in [3.8, 4) is 5.75 Å². The van der Waals surface area contributed by atoms with E-state index >= 15 is 0 Å². The van der Waals surface area contributed by atoms with E-state index in [4.69, 9.17) is 4.74 Å². The van der Waals surface area contributed by atoms with Crippen LogP contribution in [0.4, 0.5) is 13.2 Å². The van der Waals surface area contributed by atoms with Crippen LogP contribution in [0.2, 0.25) is 0 Å². The highest BCUT2D eigenvalue weighted by atomic mass is 32.2. The first-order valence-electron chi connectivity index (χ1n) is 12.3. The van der Waals surface area contributed by atoms with E-state index in [1.54, 1.807) is 37.3 Å². The molecule has 0 spiro atoms. The molecule has 1 N–H and O–H groups in total. The van der Waals surface area contributed by atoms with Crippen molar-refractivity contribution in [1.82, 2.24) is 14.5 Å². The number of likely N-dealkylation sites (N-methyl/N-ethyl adjacent to an activating group) is 1. The highest BCUT2D eigenvalue weighted by molar-refractivity contribution is 7.89.